The van der Waals surface area contributed by atoms with E-state index in [-0.39, 0.29) is 49.4 Å². The van der Waals surface area contributed by atoms with Crippen LogP contribution in [0.5, 0.6) is 0 Å². The van der Waals surface area contributed by atoms with E-state index < -0.39 is 17.4 Å². The molecule has 0 saturated carbocycles. The van der Waals surface area contributed by atoms with Crippen LogP contribution in [0.15, 0.2) is 79.9 Å². The average Bonchev–Trinajstić information content (AvgIpc) is 2.99. The van der Waals surface area contributed by atoms with Gasteiger partial charge in [0.2, 0.25) is 11.8 Å². The highest BCUT2D eigenvalue weighted by Crippen LogP contribution is 2.26. The maximum Gasteiger partial charge on any atom is 0.309 e. The third-order valence-corrected chi connectivity index (χ3v) is 8.26. The van der Waals surface area contributed by atoms with E-state index in [2.05, 4.69) is 18.5 Å². The van der Waals surface area contributed by atoms with Gasteiger partial charge in [-0.25, -0.2) is 0 Å². The van der Waals surface area contributed by atoms with Crippen molar-refractivity contribution in [3.8, 4) is 0 Å². The maximum atomic E-state index is 13.6. The van der Waals surface area contributed by atoms with Gasteiger partial charge in [0.05, 0.1) is 30.5 Å². The first-order chi connectivity index (χ1) is 20.6. The van der Waals surface area contributed by atoms with Crippen molar-refractivity contribution in [1.82, 2.24) is 10.2 Å². The third-order valence-electron chi connectivity index (χ3n) is 8.26. The Bertz CT molecular complexity index is 1240. The summed E-state index contributed by atoms with van der Waals surface area (Å²) in [7, 11) is 0. The highest BCUT2D eigenvalue weighted by atomic mass is 16.5. The number of hydrogen-bond acceptors (Lipinski definition) is 5. The fraction of sp³-hybridized carbons (Fsp3) is 0.472. The summed E-state index contributed by atoms with van der Waals surface area (Å²) in [6.07, 6.45) is 6.23. The molecule has 0 unspecified atom stereocenters. The van der Waals surface area contributed by atoms with Crippen LogP contribution in [0, 0.1) is 17.3 Å². The van der Waals surface area contributed by atoms with Crippen molar-refractivity contribution in [1.29, 1.82) is 0 Å². The number of esters is 1. The first-order valence-corrected chi connectivity index (χ1v) is 15.3. The van der Waals surface area contributed by atoms with Crippen LogP contribution in [0.3, 0.4) is 0 Å². The fourth-order valence-electron chi connectivity index (χ4n) is 5.46. The SMILES string of the molecule is C=CCC[C@H](Cc1ccccc1)C(=O)OC[C@@H](NC(=O)[C@H](CC=C)CC(=O)N1Cc2ccccc2C[C@H]1CO)C(C)(C)C. The number of amides is 2. The lowest BCUT2D eigenvalue weighted by Crippen LogP contribution is -2.51. The molecule has 0 aliphatic carbocycles. The molecule has 2 aromatic rings. The smallest absolute Gasteiger partial charge is 0.309 e. The average molecular weight is 589 g/mol. The van der Waals surface area contributed by atoms with Gasteiger partial charge in [0, 0.05) is 13.0 Å². The second-order valence-electron chi connectivity index (χ2n) is 12.6. The number of carbonyl (C=O) groups is 3. The summed E-state index contributed by atoms with van der Waals surface area (Å²) >= 11 is 0. The molecule has 3 rings (SSSR count). The summed E-state index contributed by atoms with van der Waals surface area (Å²) in [5.41, 5.74) is 2.84. The zero-order valence-corrected chi connectivity index (χ0v) is 26.0. The molecule has 0 saturated heterocycles. The van der Waals surface area contributed by atoms with E-state index in [1.165, 1.54) is 0 Å². The number of hydrogen-bond donors (Lipinski definition) is 2. The molecule has 0 bridgehead atoms. The van der Waals surface area contributed by atoms with Crippen LogP contribution < -0.4 is 5.32 Å². The van der Waals surface area contributed by atoms with Crippen LogP contribution in [-0.4, -0.2) is 53.1 Å². The third kappa shape index (κ3) is 9.92. The van der Waals surface area contributed by atoms with Gasteiger partial charge in [-0.2, -0.15) is 0 Å². The fourth-order valence-corrected chi connectivity index (χ4v) is 5.46. The summed E-state index contributed by atoms with van der Waals surface area (Å²) < 4.78 is 5.83. The molecule has 4 atom stereocenters. The topological polar surface area (TPSA) is 95.9 Å². The Labute approximate surface area is 257 Å². The van der Waals surface area contributed by atoms with Crippen molar-refractivity contribution >= 4 is 17.8 Å². The summed E-state index contributed by atoms with van der Waals surface area (Å²) in [4.78, 5) is 42.0. The Hall–Kier alpha value is -3.71. The van der Waals surface area contributed by atoms with Crippen molar-refractivity contribution in [3.63, 3.8) is 0 Å². The molecule has 2 amide bonds. The van der Waals surface area contributed by atoms with Gasteiger partial charge in [-0.15, -0.1) is 13.2 Å². The van der Waals surface area contributed by atoms with Gasteiger partial charge in [-0.05, 0) is 54.2 Å². The highest BCUT2D eigenvalue weighted by molar-refractivity contribution is 5.86. The van der Waals surface area contributed by atoms with Crippen LogP contribution >= 0.6 is 0 Å². The Kier molecular flexibility index (Phi) is 12.7. The lowest BCUT2D eigenvalue weighted by Gasteiger charge is -2.37. The highest BCUT2D eigenvalue weighted by Gasteiger charge is 2.34. The number of ether oxygens (including phenoxy) is 1. The molecule has 0 spiro atoms. The van der Waals surface area contributed by atoms with Crippen LogP contribution in [0.1, 0.15) is 63.1 Å². The van der Waals surface area contributed by atoms with E-state index in [1.807, 2.05) is 75.4 Å². The minimum atomic E-state index is -0.638. The summed E-state index contributed by atoms with van der Waals surface area (Å²) in [5.74, 6) is -1.72. The predicted octanol–water partition coefficient (Wildman–Crippen LogP) is 5.41. The van der Waals surface area contributed by atoms with E-state index in [1.54, 1.807) is 17.1 Å². The molecule has 1 aliphatic rings. The molecule has 1 heterocycles. The zero-order chi connectivity index (χ0) is 31.4. The molecule has 43 heavy (non-hydrogen) atoms. The van der Waals surface area contributed by atoms with Gasteiger partial charge in [0.1, 0.15) is 6.61 Å². The molecule has 0 radical (unpaired) electrons. The largest absolute Gasteiger partial charge is 0.463 e. The summed E-state index contributed by atoms with van der Waals surface area (Å²) in [5, 5.41) is 13.1. The van der Waals surface area contributed by atoms with Crippen molar-refractivity contribution in [2.24, 2.45) is 17.3 Å². The van der Waals surface area contributed by atoms with Crippen LogP contribution in [0.25, 0.3) is 0 Å². The Balaban J connectivity index is 1.67. The van der Waals surface area contributed by atoms with Crippen molar-refractivity contribution in [2.45, 2.75) is 77.9 Å². The molecule has 1 aliphatic heterocycles. The van der Waals surface area contributed by atoms with Crippen molar-refractivity contribution < 1.29 is 24.2 Å². The molecule has 7 nitrogen and oxygen atoms in total. The molecule has 0 aromatic heterocycles. The van der Waals surface area contributed by atoms with Gasteiger partial charge in [0.25, 0.3) is 0 Å². The monoisotopic (exact) mass is 588 g/mol. The predicted molar refractivity (Wildman–Crippen MR) is 170 cm³/mol. The van der Waals surface area contributed by atoms with E-state index in [0.717, 1.165) is 16.7 Å². The molecule has 2 aromatic carbocycles. The number of aliphatic hydroxyl groups excluding tert-OH is 1. The van der Waals surface area contributed by atoms with Gasteiger partial charge < -0.3 is 20.1 Å². The van der Waals surface area contributed by atoms with Gasteiger partial charge in [0.15, 0.2) is 0 Å². The van der Waals surface area contributed by atoms with Crippen molar-refractivity contribution in [2.75, 3.05) is 13.2 Å². The number of nitrogens with one attached hydrogen (secondary N) is 1. The summed E-state index contributed by atoms with van der Waals surface area (Å²) in [6.45, 7) is 13.8. The van der Waals surface area contributed by atoms with Crippen LogP contribution in [-0.2, 0) is 38.5 Å². The zero-order valence-electron chi connectivity index (χ0n) is 26.0. The Morgan fingerprint density at radius 1 is 1.02 bits per heavy atom. The van der Waals surface area contributed by atoms with Crippen molar-refractivity contribution in [3.05, 3.63) is 96.6 Å². The lowest BCUT2D eigenvalue weighted by molar-refractivity contribution is -0.151. The number of carbonyl (C=O) groups excluding carboxylic acids is 3. The number of aliphatic hydroxyl groups is 1. The standard InChI is InChI=1S/C36H48N2O5/c1-6-8-17-29(20-26-15-10-9-11-16-26)35(42)43-25-32(36(3,4)5)37-34(41)28(14-7-2)22-33(40)38-23-30-19-13-12-18-27(30)21-31(38)24-39/h6-7,9-13,15-16,18-19,28-29,31-32,39H,1-2,8,14,17,20-25H2,3-5H3,(H,37,41)/t28-,29-,31+,32-/m1/s1. The number of rotatable bonds is 15. The van der Waals surface area contributed by atoms with Crippen LogP contribution in [0.2, 0.25) is 0 Å². The molecular formula is C36H48N2O5. The van der Waals surface area contributed by atoms with Gasteiger partial charge >= 0.3 is 5.97 Å². The second kappa shape index (κ2) is 16.2. The molecule has 7 heteroatoms. The van der Waals surface area contributed by atoms with Gasteiger partial charge in [-0.3, -0.25) is 14.4 Å². The molecule has 232 valence electrons. The lowest BCUT2D eigenvalue weighted by atomic mass is 9.86. The minimum Gasteiger partial charge on any atom is -0.463 e. The maximum absolute atomic E-state index is 13.6. The Morgan fingerprint density at radius 3 is 2.33 bits per heavy atom. The Morgan fingerprint density at radius 2 is 1.70 bits per heavy atom. The second-order valence-corrected chi connectivity index (χ2v) is 12.6. The van der Waals surface area contributed by atoms with E-state index in [4.69, 9.17) is 4.74 Å². The minimum absolute atomic E-state index is 0.00608. The normalized spacial score (nSPS) is 16.7. The molecule has 0 fully saturated rings. The number of allylic oxidation sites excluding steroid dienone is 2. The van der Waals surface area contributed by atoms with E-state index >= 15 is 0 Å². The van der Waals surface area contributed by atoms with E-state index in [9.17, 15) is 19.5 Å². The first kappa shape index (κ1) is 33.8. The van der Waals surface area contributed by atoms with Gasteiger partial charge in [-0.1, -0.05) is 87.5 Å². The number of nitrogens with zero attached hydrogens (tertiary/aromatic N) is 1. The molecule has 2 N–H and O–H groups in total. The molecular weight excluding hydrogens is 540 g/mol. The quantitative estimate of drug-likeness (QED) is 0.214. The number of fused-ring (bicyclic) bond motifs is 1. The number of benzene rings is 2. The van der Waals surface area contributed by atoms with Crippen LogP contribution in [0.4, 0.5) is 0 Å². The van der Waals surface area contributed by atoms with E-state index in [0.29, 0.717) is 38.6 Å². The summed E-state index contributed by atoms with van der Waals surface area (Å²) in [6, 6.07) is 17.0. The first-order valence-electron chi connectivity index (χ1n) is 15.3.